The lowest BCUT2D eigenvalue weighted by atomic mass is 10.2. The van der Waals surface area contributed by atoms with Gasteiger partial charge >= 0.3 is 5.97 Å². The number of aliphatic imine (C=N–C) groups is 1. The van der Waals surface area contributed by atoms with Crippen molar-refractivity contribution >= 4 is 17.7 Å². The predicted octanol–water partition coefficient (Wildman–Crippen LogP) is 1.66. The molecule has 0 fully saturated rings. The Labute approximate surface area is 99.4 Å². The Bertz CT molecular complexity index is 426. The van der Waals surface area contributed by atoms with Gasteiger partial charge in [0.05, 0.1) is 18.7 Å². The molecular weight excluding hydrogens is 220 g/mol. The highest BCUT2D eigenvalue weighted by Crippen LogP contribution is 2.11. The minimum absolute atomic E-state index is 0.312. The van der Waals surface area contributed by atoms with Crippen LogP contribution < -0.4 is 5.32 Å². The molecular formula is C12H14N2O3. The fourth-order valence-corrected chi connectivity index (χ4v) is 1.44. The molecule has 17 heavy (non-hydrogen) atoms. The van der Waals surface area contributed by atoms with Crippen molar-refractivity contribution in [2.45, 2.75) is 6.92 Å². The SMILES string of the molecule is CCOC(=O)c1ccc(NC2=NCCO2)cc1. The number of amidine groups is 1. The van der Waals surface area contributed by atoms with Crippen LogP contribution in [-0.4, -0.2) is 31.7 Å². The molecule has 0 aromatic heterocycles. The Morgan fingerprint density at radius 1 is 1.47 bits per heavy atom. The maximum Gasteiger partial charge on any atom is 0.338 e. The molecule has 0 amide bonds. The Hall–Kier alpha value is -2.04. The Balaban J connectivity index is 1.99. The van der Waals surface area contributed by atoms with Gasteiger partial charge in [-0.1, -0.05) is 0 Å². The molecule has 0 bridgehead atoms. The van der Waals surface area contributed by atoms with Crippen molar-refractivity contribution in [1.82, 2.24) is 0 Å². The molecule has 2 rings (SSSR count). The summed E-state index contributed by atoms with van der Waals surface area (Å²) < 4.78 is 10.1. The average molecular weight is 234 g/mol. The summed E-state index contributed by atoms with van der Waals surface area (Å²) in [7, 11) is 0. The first-order valence-corrected chi connectivity index (χ1v) is 5.51. The van der Waals surface area contributed by atoms with Crippen LogP contribution in [0.3, 0.4) is 0 Å². The zero-order chi connectivity index (χ0) is 12.1. The number of hydrogen-bond donors (Lipinski definition) is 1. The Morgan fingerprint density at radius 2 is 2.24 bits per heavy atom. The van der Waals surface area contributed by atoms with Gasteiger partial charge in [-0.05, 0) is 31.2 Å². The predicted molar refractivity (Wildman–Crippen MR) is 64.3 cm³/mol. The monoisotopic (exact) mass is 234 g/mol. The molecule has 0 atom stereocenters. The van der Waals surface area contributed by atoms with E-state index in [-0.39, 0.29) is 5.97 Å². The van der Waals surface area contributed by atoms with Gasteiger partial charge in [0.1, 0.15) is 6.61 Å². The third-order valence-electron chi connectivity index (χ3n) is 2.23. The van der Waals surface area contributed by atoms with Crippen molar-refractivity contribution in [2.75, 3.05) is 25.1 Å². The van der Waals surface area contributed by atoms with Gasteiger partial charge in [0.25, 0.3) is 6.02 Å². The van der Waals surface area contributed by atoms with E-state index in [0.717, 1.165) is 5.69 Å². The van der Waals surface area contributed by atoms with Crippen LogP contribution >= 0.6 is 0 Å². The topological polar surface area (TPSA) is 59.9 Å². The van der Waals surface area contributed by atoms with Crippen molar-refractivity contribution in [2.24, 2.45) is 4.99 Å². The molecule has 1 aliphatic rings. The molecule has 5 heteroatoms. The molecule has 0 saturated heterocycles. The third-order valence-corrected chi connectivity index (χ3v) is 2.23. The van der Waals surface area contributed by atoms with Crippen LogP contribution in [0, 0.1) is 0 Å². The number of carbonyl (C=O) groups excluding carboxylic acids is 1. The zero-order valence-corrected chi connectivity index (χ0v) is 9.60. The molecule has 90 valence electrons. The van der Waals surface area contributed by atoms with E-state index >= 15 is 0 Å². The summed E-state index contributed by atoms with van der Waals surface area (Å²) in [5, 5.41) is 3.01. The number of nitrogens with one attached hydrogen (secondary N) is 1. The van der Waals surface area contributed by atoms with Crippen LogP contribution in [0.15, 0.2) is 29.3 Å². The van der Waals surface area contributed by atoms with Gasteiger partial charge in [0.2, 0.25) is 0 Å². The number of carbonyl (C=O) groups is 1. The largest absolute Gasteiger partial charge is 0.463 e. The lowest BCUT2D eigenvalue weighted by molar-refractivity contribution is 0.0526. The summed E-state index contributed by atoms with van der Waals surface area (Å²) in [4.78, 5) is 15.5. The van der Waals surface area contributed by atoms with Gasteiger partial charge in [-0.2, -0.15) is 0 Å². The van der Waals surface area contributed by atoms with Crippen LogP contribution in [0.5, 0.6) is 0 Å². The number of anilines is 1. The van der Waals surface area contributed by atoms with Gasteiger partial charge in [0.15, 0.2) is 0 Å². The standard InChI is InChI=1S/C12H14N2O3/c1-2-16-11(15)9-3-5-10(6-4-9)14-12-13-7-8-17-12/h3-6H,2,7-8H2,1H3,(H,13,14). The molecule has 1 aliphatic heterocycles. The van der Waals surface area contributed by atoms with E-state index in [0.29, 0.717) is 31.3 Å². The van der Waals surface area contributed by atoms with E-state index < -0.39 is 0 Å². The van der Waals surface area contributed by atoms with Crippen LogP contribution in [0.2, 0.25) is 0 Å². The van der Waals surface area contributed by atoms with Crippen molar-refractivity contribution in [3.63, 3.8) is 0 Å². The molecule has 1 N–H and O–H groups in total. The zero-order valence-electron chi connectivity index (χ0n) is 9.60. The number of esters is 1. The van der Waals surface area contributed by atoms with Crippen LogP contribution in [-0.2, 0) is 9.47 Å². The van der Waals surface area contributed by atoms with Gasteiger partial charge in [-0.25, -0.2) is 9.79 Å². The second-order valence-corrected chi connectivity index (χ2v) is 3.46. The third kappa shape index (κ3) is 2.96. The number of rotatable bonds is 3. The van der Waals surface area contributed by atoms with E-state index in [9.17, 15) is 4.79 Å². The fraction of sp³-hybridized carbons (Fsp3) is 0.333. The van der Waals surface area contributed by atoms with E-state index in [2.05, 4.69) is 10.3 Å². The van der Waals surface area contributed by atoms with Crippen LogP contribution in [0.4, 0.5) is 5.69 Å². The van der Waals surface area contributed by atoms with E-state index in [4.69, 9.17) is 9.47 Å². The second kappa shape index (κ2) is 5.34. The average Bonchev–Trinajstić information content (AvgIpc) is 2.83. The summed E-state index contributed by atoms with van der Waals surface area (Å²) in [5.74, 6) is -0.312. The lowest BCUT2D eigenvalue weighted by Gasteiger charge is -2.06. The normalized spacial score (nSPS) is 13.8. The smallest absolute Gasteiger partial charge is 0.338 e. The van der Waals surface area contributed by atoms with Crippen molar-refractivity contribution in [1.29, 1.82) is 0 Å². The van der Waals surface area contributed by atoms with Gasteiger partial charge in [-0.3, -0.25) is 0 Å². The minimum atomic E-state index is -0.312. The first kappa shape index (κ1) is 11.4. The highest BCUT2D eigenvalue weighted by molar-refractivity contribution is 5.92. The maximum absolute atomic E-state index is 11.4. The van der Waals surface area contributed by atoms with Gasteiger partial charge in [-0.15, -0.1) is 0 Å². The first-order valence-electron chi connectivity index (χ1n) is 5.51. The number of benzene rings is 1. The van der Waals surface area contributed by atoms with Crippen molar-refractivity contribution in [3.05, 3.63) is 29.8 Å². The van der Waals surface area contributed by atoms with Gasteiger partial charge in [0, 0.05) is 5.69 Å². The summed E-state index contributed by atoms with van der Waals surface area (Å²) in [5.41, 5.74) is 1.37. The van der Waals surface area contributed by atoms with E-state index in [1.54, 1.807) is 31.2 Å². The van der Waals surface area contributed by atoms with E-state index in [1.165, 1.54) is 0 Å². The summed E-state index contributed by atoms with van der Waals surface area (Å²) in [6.07, 6.45) is 0. The lowest BCUT2D eigenvalue weighted by Crippen LogP contribution is -2.12. The maximum atomic E-state index is 11.4. The fourth-order valence-electron chi connectivity index (χ4n) is 1.44. The molecule has 5 nitrogen and oxygen atoms in total. The molecule has 1 heterocycles. The molecule has 1 aromatic carbocycles. The minimum Gasteiger partial charge on any atom is -0.463 e. The molecule has 0 spiro atoms. The first-order chi connectivity index (χ1) is 8.29. The number of hydrogen-bond acceptors (Lipinski definition) is 5. The number of nitrogens with zero attached hydrogens (tertiary/aromatic N) is 1. The van der Waals surface area contributed by atoms with Gasteiger partial charge < -0.3 is 14.8 Å². The highest BCUT2D eigenvalue weighted by atomic mass is 16.5. The molecule has 0 radical (unpaired) electrons. The van der Waals surface area contributed by atoms with Crippen LogP contribution in [0.1, 0.15) is 17.3 Å². The number of ether oxygens (including phenoxy) is 2. The quantitative estimate of drug-likeness (QED) is 0.808. The second-order valence-electron chi connectivity index (χ2n) is 3.46. The summed E-state index contributed by atoms with van der Waals surface area (Å²) >= 11 is 0. The van der Waals surface area contributed by atoms with Crippen LogP contribution in [0.25, 0.3) is 0 Å². The molecule has 1 aromatic rings. The molecule has 0 unspecified atom stereocenters. The Kier molecular flexibility index (Phi) is 3.59. The highest BCUT2D eigenvalue weighted by Gasteiger charge is 2.09. The Morgan fingerprint density at radius 3 is 2.82 bits per heavy atom. The molecule has 0 aliphatic carbocycles. The van der Waals surface area contributed by atoms with Crippen molar-refractivity contribution < 1.29 is 14.3 Å². The summed E-state index contributed by atoms with van der Waals surface area (Å²) in [6, 6.07) is 7.51. The van der Waals surface area contributed by atoms with Crippen molar-refractivity contribution in [3.8, 4) is 0 Å². The van der Waals surface area contributed by atoms with E-state index in [1.807, 2.05) is 0 Å². The molecule has 0 saturated carbocycles. The summed E-state index contributed by atoms with van der Waals surface area (Å²) in [6.45, 7) is 3.46.